The standard InChI is InChI=1S/C22H19NO8S/c24-21(25)15-9-11-16(12-10-15)30-13-14-31-19-7-3-2-6-18(19)23-32(28,29)20-8-4-1-5-17(20)22(26)27/h1-12,23H,13-14H2,(H,24,25)(H,26,27). The topological polar surface area (TPSA) is 139 Å². The van der Waals surface area contributed by atoms with Crippen LogP contribution in [0.3, 0.4) is 0 Å². The van der Waals surface area contributed by atoms with Gasteiger partial charge in [0, 0.05) is 0 Å². The molecule has 3 aromatic carbocycles. The van der Waals surface area contributed by atoms with Gasteiger partial charge in [0.15, 0.2) is 0 Å². The highest BCUT2D eigenvalue weighted by molar-refractivity contribution is 7.92. The smallest absolute Gasteiger partial charge is 0.337 e. The number of benzene rings is 3. The van der Waals surface area contributed by atoms with Crippen LogP contribution in [-0.4, -0.2) is 43.8 Å². The minimum atomic E-state index is -4.19. The number of ether oxygens (including phenoxy) is 2. The van der Waals surface area contributed by atoms with Crippen molar-refractivity contribution in [3.63, 3.8) is 0 Å². The van der Waals surface area contributed by atoms with Crippen molar-refractivity contribution in [1.82, 2.24) is 0 Å². The lowest BCUT2D eigenvalue weighted by atomic mass is 10.2. The highest BCUT2D eigenvalue weighted by Gasteiger charge is 2.23. The normalized spacial score (nSPS) is 10.9. The van der Waals surface area contributed by atoms with E-state index in [1.54, 1.807) is 18.2 Å². The van der Waals surface area contributed by atoms with Crippen LogP contribution in [0, 0.1) is 0 Å². The molecule has 0 fully saturated rings. The van der Waals surface area contributed by atoms with E-state index in [0.29, 0.717) is 5.75 Å². The average molecular weight is 457 g/mol. The molecule has 0 saturated carbocycles. The summed E-state index contributed by atoms with van der Waals surface area (Å²) >= 11 is 0. The minimum absolute atomic E-state index is 0.0745. The van der Waals surface area contributed by atoms with Crippen LogP contribution < -0.4 is 14.2 Å². The van der Waals surface area contributed by atoms with Gasteiger partial charge in [0.1, 0.15) is 29.6 Å². The first-order valence-corrected chi connectivity index (χ1v) is 10.8. The molecule has 0 atom stereocenters. The van der Waals surface area contributed by atoms with Gasteiger partial charge in [0.25, 0.3) is 10.0 Å². The molecule has 0 aliphatic carbocycles. The molecule has 3 N–H and O–H groups in total. The van der Waals surface area contributed by atoms with Crippen molar-refractivity contribution >= 4 is 27.6 Å². The zero-order valence-corrected chi connectivity index (χ0v) is 17.4. The van der Waals surface area contributed by atoms with Crippen LogP contribution in [0.1, 0.15) is 20.7 Å². The van der Waals surface area contributed by atoms with E-state index in [0.717, 1.165) is 0 Å². The number of para-hydroxylation sites is 2. The Labute approximate surface area is 183 Å². The van der Waals surface area contributed by atoms with Crippen molar-refractivity contribution in [3.05, 3.63) is 83.9 Å². The van der Waals surface area contributed by atoms with Crippen LogP contribution in [0.4, 0.5) is 5.69 Å². The second-order valence-electron chi connectivity index (χ2n) is 6.43. The monoisotopic (exact) mass is 457 g/mol. The Kier molecular flexibility index (Phi) is 6.96. The molecular formula is C22H19NO8S. The largest absolute Gasteiger partial charge is 0.490 e. The maximum Gasteiger partial charge on any atom is 0.337 e. The fraction of sp³-hybridized carbons (Fsp3) is 0.0909. The predicted molar refractivity (Wildman–Crippen MR) is 115 cm³/mol. The van der Waals surface area contributed by atoms with Crippen molar-refractivity contribution in [2.75, 3.05) is 17.9 Å². The Morgan fingerprint density at radius 2 is 1.41 bits per heavy atom. The Morgan fingerprint density at radius 1 is 0.781 bits per heavy atom. The van der Waals surface area contributed by atoms with Crippen LogP contribution in [0.5, 0.6) is 11.5 Å². The molecule has 3 rings (SSSR count). The fourth-order valence-electron chi connectivity index (χ4n) is 2.76. The Morgan fingerprint density at radius 3 is 2.09 bits per heavy atom. The second-order valence-corrected chi connectivity index (χ2v) is 8.08. The van der Waals surface area contributed by atoms with E-state index in [2.05, 4.69) is 4.72 Å². The third-order valence-corrected chi connectivity index (χ3v) is 5.67. The number of anilines is 1. The Hall–Kier alpha value is -4.05. The van der Waals surface area contributed by atoms with E-state index in [1.165, 1.54) is 54.6 Å². The summed E-state index contributed by atoms with van der Waals surface area (Å²) in [5.74, 6) is -1.71. The van der Waals surface area contributed by atoms with Crippen LogP contribution >= 0.6 is 0 Å². The molecule has 166 valence electrons. The maximum absolute atomic E-state index is 12.8. The van der Waals surface area contributed by atoms with E-state index < -0.39 is 22.0 Å². The lowest BCUT2D eigenvalue weighted by Gasteiger charge is -2.15. The first-order chi connectivity index (χ1) is 15.3. The van der Waals surface area contributed by atoms with Gasteiger partial charge < -0.3 is 19.7 Å². The van der Waals surface area contributed by atoms with Crippen LogP contribution in [0.2, 0.25) is 0 Å². The van der Waals surface area contributed by atoms with E-state index >= 15 is 0 Å². The van der Waals surface area contributed by atoms with Crippen molar-refractivity contribution in [2.45, 2.75) is 4.90 Å². The number of sulfonamides is 1. The Bertz CT molecular complexity index is 1220. The third-order valence-electron chi connectivity index (χ3n) is 4.25. The number of nitrogens with one attached hydrogen (secondary N) is 1. The van der Waals surface area contributed by atoms with Gasteiger partial charge in [-0.25, -0.2) is 18.0 Å². The van der Waals surface area contributed by atoms with Crippen LogP contribution in [0.25, 0.3) is 0 Å². The molecule has 0 aliphatic heterocycles. The molecular weight excluding hydrogens is 438 g/mol. The lowest BCUT2D eigenvalue weighted by molar-refractivity contribution is 0.0684. The quantitative estimate of drug-likeness (QED) is 0.394. The van der Waals surface area contributed by atoms with Gasteiger partial charge in [-0.3, -0.25) is 4.72 Å². The molecule has 0 spiro atoms. The molecule has 0 aliphatic rings. The summed E-state index contributed by atoms with van der Waals surface area (Å²) in [7, 11) is -4.19. The highest BCUT2D eigenvalue weighted by atomic mass is 32.2. The molecule has 0 unspecified atom stereocenters. The average Bonchev–Trinajstić information content (AvgIpc) is 2.78. The van der Waals surface area contributed by atoms with E-state index in [4.69, 9.17) is 14.6 Å². The summed E-state index contributed by atoms with van der Waals surface area (Å²) in [5.41, 5.74) is -0.0708. The van der Waals surface area contributed by atoms with Gasteiger partial charge >= 0.3 is 11.9 Å². The number of carboxylic acids is 2. The summed E-state index contributed by atoms with van der Waals surface area (Å²) in [6.45, 7) is 0.195. The van der Waals surface area contributed by atoms with E-state index in [-0.39, 0.29) is 40.7 Å². The van der Waals surface area contributed by atoms with Crippen molar-refractivity contribution < 1.29 is 37.7 Å². The van der Waals surface area contributed by atoms with Crippen LogP contribution in [0.15, 0.2) is 77.7 Å². The fourth-order valence-corrected chi connectivity index (χ4v) is 4.03. The number of carboxylic acid groups (broad SMARTS) is 2. The van der Waals surface area contributed by atoms with Gasteiger partial charge in [0.2, 0.25) is 0 Å². The number of hydrogen-bond acceptors (Lipinski definition) is 6. The second kappa shape index (κ2) is 9.84. The molecule has 3 aromatic rings. The summed E-state index contributed by atoms with van der Waals surface area (Å²) in [5, 5.41) is 18.2. The van der Waals surface area contributed by atoms with E-state index in [9.17, 15) is 23.1 Å². The van der Waals surface area contributed by atoms with Crippen LogP contribution in [-0.2, 0) is 10.0 Å². The van der Waals surface area contributed by atoms with Gasteiger partial charge in [-0.15, -0.1) is 0 Å². The van der Waals surface area contributed by atoms with Crippen molar-refractivity contribution in [2.24, 2.45) is 0 Å². The number of aromatic carboxylic acids is 2. The number of rotatable bonds is 10. The molecule has 10 heteroatoms. The molecule has 0 aromatic heterocycles. The van der Waals surface area contributed by atoms with Gasteiger partial charge in [-0.1, -0.05) is 24.3 Å². The third kappa shape index (κ3) is 5.55. The molecule has 0 heterocycles. The SMILES string of the molecule is O=C(O)c1ccc(OCCOc2ccccc2NS(=O)(=O)c2ccccc2C(=O)O)cc1. The highest BCUT2D eigenvalue weighted by Crippen LogP contribution is 2.27. The molecule has 32 heavy (non-hydrogen) atoms. The zero-order valence-electron chi connectivity index (χ0n) is 16.6. The van der Waals surface area contributed by atoms with Crippen molar-refractivity contribution in [1.29, 1.82) is 0 Å². The van der Waals surface area contributed by atoms with Gasteiger partial charge in [0.05, 0.1) is 16.8 Å². The molecule has 9 nitrogen and oxygen atoms in total. The predicted octanol–water partition coefficient (Wildman–Crippen LogP) is 3.34. The first kappa shape index (κ1) is 22.6. The number of carbonyl (C=O) groups is 2. The summed E-state index contributed by atoms with van der Waals surface area (Å²) in [4.78, 5) is 21.9. The van der Waals surface area contributed by atoms with E-state index in [1.807, 2.05) is 0 Å². The maximum atomic E-state index is 12.8. The number of hydrogen-bond donors (Lipinski definition) is 3. The first-order valence-electron chi connectivity index (χ1n) is 9.31. The molecule has 0 radical (unpaired) electrons. The summed E-state index contributed by atoms with van der Waals surface area (Å²) in [6, 6.07) is 17.5. The molecule has 0 amide bonds. The molecule has 0 saturated heterocycles. The molecule has 0 bridgehead atoms. The zero-order chi connectivity index (χ0) is 23.1. The Balaban J connectivity index is 1.66. The van der Waals surface area contributed by atoms with Gasteiger partial charge in [-0.2, -0.15) is 0 Å². The van der Waals surface area contributed by atoms with Crippen molar-refractivity contribution in [3.8, 4) is 11.5 Å². The van der Waals surface area contributed by atoms with Gasteiger partial charge in [-0.05, 0) is 48.5 Å². The lowest BCUT2D eigenvalue weighted by Crippen LogP contribution is -2.18. The summed E-state index contributed by atoms with van der Waals surface area (Å²) in [6.07, 6.45) is 0. The minimum Gasteiger partial charge on any atom is -0.490 e. The summed E-state index contributed by atoms with van der Waals surface area (Å²) < 4.78 is 39.0.